The van der Waals surface area contributed by atoms with Gasteiger partial charge in [-0.25, -0.2) is 0 Å². The molecule has 0 aliphatic heterocycles. The molecule has 0 amide bonds. The Morgan fingerprint density at radius 2 is 1.95 bits per heavy atom. The Kier molecular flexibility index (Phi) is 3.65. The number of carbonyl (C=O) groups is 1. The average Bonchev–Trinajstić information content (AvgIpc) is 2.38. The maximum atomic E-state index is 11.8. The van der Waals surface area contributed by atoms with Crippen LogP contribution in [-0.2, 0) is 6.42 Å². The van der Waals surface area contributed by atoms with E-state index in [9.17, 15) is 9.59 Å². The number of hydrogen-bond acceptors (Lipinski definition) is 2. The van der Waals surface area contributed by atoms with Crippen LogP contribution in [0.4, 0.5) is 0 Å². The molecular formula is C16H17NO2. The number of aromatic nitrogens is 1. The van der Waals surface area contributed by atoms with Gasteiger partial charge in [0.15, 0.2) is 11.2 Å². The SMILES string of the molecule is CCc1ccccc1-n1cc(C(C)=O)c(=O)cc1C. The number of benzene rings is 1. The zero-order chi connectivity index (χ0) is 14.0. The summed E-state index contributed by atoms with van der Waals surface area (Å²) >= 11 is 0. The zero-order valence-electron chi connectivity index (χ0n) is 11.4. The van der Waals surface area contributed by atoms with Crippen LogP contribution < -0.4 is 5.43 Å². The van der Waals surface area contributed by atoms with Gasteiger partial charge in [-0.15, -0.1) is 0 Å². The van der Waals surface area contributed by atoms with Crippen LogP contribution in [0.5, 0.6) is 0 Å². The molecule has 0 atom stereocenters. The summed E-state index contributed by atoms with van der Waals surface area (Å²) in [5, 5.41) is 0. The molecule has 2 rings (SSSR count). The van der Waals surface area contributed by atoms with E-state index < -0.39 is 0 Å². The first kappa shape index (κ1) is 13.3. The molecule has 0 saturated heterocycles. The van der Waals surface area contributed by atoms with Gasteiger partial charge in [-0.2, -0.15) is 0 Å². The second-order valence-corrected chi connectivity index (χ2v) is 4.60. The third-order valence-electron chi connectivity index (χ3n) is 3.25. The van der Waals surface area contributed by atoms with E-state index in [4.69, 9.17) is 0 Å². The Hall–Kier alpha value is -2.16. The summed E-state index contributed by atoms with van der Waals surface area (Å²) in [5.41, 5.74) is 3.05. The second kappa shape index (κ2) is 5.22. The normalized spacial score (nSPS) is 10.5. The van der Waals surface area contributed by atoms with Crippen molar-refractivity contribution in [1.82, 2.24) is 4.57 Å². The number of rotatable bonds is 3. The fourth-order valence-electron chi connectivity index (χ4n) is 2.20. The molecule has 19 heavy (non-hydrogen) atoms. The summed E-state index contributed by atoms with van der Waals surface area (Å²) in [6.07, 6.45) is 2.55. The molecule has 0 radical (unpaired) electrons. The first-order chi connectivity index (χ1) is 9.04. The molecule has 1 heterocycles. The molecule has 0 spiro atoms. The van der Waals surface area contributed by atoms with Crippen molar-refractivity contribution in [2.75, 3.05) is 0 Å². The van der Waals surface area contributed by atoms with Crippen molar-refractivity contribution in [3.05, 3.63) is 63.6 Å². The number of aryl methyl sites for hydroxylation is 2. The van der Waals surface area contributed by atoms with Crippen LogP contribution in [0.25, 0.3) is 5.69 Å². The van der Waals surface area contributed by atoms with Gasteiger partial charge in [-0.05, 0) is 31.9 Å². The molecule has 3 heteroatoms. The summed E-state index contributed by atoms with van der Waals surface area (Å²) in [7, 11) is 0. The lowest BCUT2D eigenvalue weighted by atomic mass is 10.1. The maximum Gasteiger partial charge on any atom is 0.192 e. The molecule has 98 valence electrons. The fraction of sp³-hybridized carbons (Fsp3) is 0.250. The Bertz CT molecular complexity index is 683. The minimum absolute atomic E-state index is 0.201. The third-order valence-corrected chi connectivity index (χ3v) is 3.25. The maximum absolute atomic E-state index is 11.8. The number of nitrogens with zero attached hydrogens (tertiary/aromatic N) is 1. The van der Waals surface area contributed by atoms with Gasteiger partial charge in [-0.3, -0.25) is 9.59 Å². The van der Waals surface area contributed by atoms with E-state index in [2.05, 4.69) is 13.0 Å². The minimum Gasteiger partial charge on any atom is -0.320 e. The van der Waals surface area contributed by atoms with Gasteiger partial charge < -0.3 is 4.57 Å². The van der Waals surface area contributed by atoms with E-state index in [0.29, 0.717) is 0 Å². The summed E-state index contributed by atoms with van der Waals surface area (Å²) in [5.74, 6) is -0.201. The standard InChI is InChI=1S/C16H17NO2/c1-4-13-7-5-6-8-15(13)17-10-14(12(3)18)16(19)9-11(17)2/h5-10H,4H2,1-3H3. The molecule has 0 aliphatic carbocycles. The second-order valence-electron chi connectivity index (χ2n) is 4.60. The van der Waals surface area contributed by atoms with E-state index in [-0.39, 0.29) is 16.8 Å². The van der Waals surface area contributed by atoms with Gasteiger partial charge in [0.1, 0.15) is 0 Å². The topological polar surface area (TPSA) is 39.1 Å². The smallest absolute Gasteiger partial charge is 0.192 e. The molecule has 0 fully saturated rings. The number of Topliss-reactive ketones (excluding diaryl/α,β-unsaturated/α-hetero) is 1. The van der Waals surface area contributed by atoms with Crippen LogP contribution in [0.3, 0.4) is 0 Å². The van der Waals surface area contributed by atoms with E-state index >= 15 is 0 Å². The monoisotopic (exact) mass is 255 g/mol. The van der Waals surface area contributed by atoms with Crippen LogP contribution in [0.2, 0.25) is 0 Å². The molecule has 1 aromatic carbocycles. The summed E-state index contributed by atoms with van der Waals surface area (Å²) in [6, 6.07) is 9.52. The average molecular weight is 255 g/mol. The molecule has 1 aromatic heterocycles. The van der Waals surface area contributed by atoms with Crippen molar-refractivity contribution in [1.29, 1.82) is 0 Å². The highest BCUT2D eigenvalue weighted by Gasteiger charge is 2.10. The van der Waals surface area contributed by atoms with Crippen LogP contribution >= 0.6 is 0 Å². The molecule has 2 aromatic rings. The number of carbonyl (C=O) groups excluding carboxylic acids is 1. The van der Waals surface area contributed by atoms with E-state index in [1.54, 1.807) is 6.20 Å². The van der Waals surface area contributed by atoms with Crippen molar-refractivity contribution in [3.63, 3.8) is 0 Å². The lowest BCUT2D eigenvalue weighted by Crippen LogP contribution is -2.17. The Morgan fingerprint density at radius 3 is 2.58 bits per heavy atom. The third kappa shape index (κ3) is 2.50. The lowest BCUT2D eigenvalue weighted by Gasteiger charge is -2.15. The zero-order valence-corrected chi connectivity index (χ0v) is 11.4. The number of pyridine rings is 1. The van der Waals surface area contributed by atoms with Gasteiger partial charge in [0.05, 0.1) is 5.56 Å². The molecule has 0 bridgehead atoms. The molecule has 3 nitrogen and oxygen atoms in total. The highest BCUT2D eigenvalue weighted by atomic mass is 16.1. The molecule has 0 aliphatic rings. The molecule has 0 saturated carbocycles. The van der Waals surface area contributed by atoms with Gasteiger partial charge in [-0.1, -0.05) is 25.1 Å². The van der Waals surface area contributed by atoms with Crippen LogP contribution in [0, 0.1) is 6.92 Å². The largest absolute Gasteiger partial charge is 0.320 e. The number of hydrogen-bond donors (Lipinski definition) is 0. The van der Waals surface area contributed by atoms with Crippen LogP contribution in [0.1, 0.15) is 35.5 Å². The predicted octanol–water partition coefficient (Wildman–Crippen LogP) is 2.91. The number of para-hydroxylation sites is 1. The van der Waals surface area contributed by atoms with Gasteiger partial charge in [0.25, 0.3) is 0 Å². The molecular weight excluding hydrogens is 238 g/mol. The van der Waals surface area contributed by atoms with Crippen molar-refractivity contribution >= 4 is 5.78 Å². The van der Waals surface area contributed by atoms with E-state index in [0.717, 1.165) is 17.8 Å². The minimum atomic E-state index is -0.213. The van der Waals surface area contributed by atoms with E-state index in [1.807, 2.05) is 29.7 Å². The highest BCUT2D eigenvalue weighted by Crippen LogP contribution is 2.17. The summed E-state index contributed by atoms with van der Waals surface area (Å²) < 4.78 is 1.91. The predicted molar refractivity (Wildman–Crippen MR) is 76.2 cm³/mol. The van der Waals surface area contributed by atoms with Crippen LogP contribution in [-0.4, -0.2) is 10.4 Å². The van der Waals surface area contributed by atoms with Crippen molar-refractivity contribution in [2.45, 2.75) is 27.2 Å². The summed E-state index contributed by atoms with van der Waals surface area (Å²) in [6.45, 7) is 5.38. The van der Waals surface area contributed by atoms with Crippen LogP contribution in [0.15, 0.2) is 41.3 Å². The van der Waals surface area contributed by atoms with Crippen molar-refractivity contribution in [2.24, 2.45) is 0 Å². The Labute approximate surface area is 112 Å². The quantitative estimate of drug-likeness (QED) is 0.791. The van der Waals surface area contributed by atoms with Gasteiger partial charge in [0.2, 0.25) is 0 Å². The molecule has 0 N–H and O–H groups in total. The fourth-order valence-corrected chi connectivity index (χ4v) is 2.20. The Balaban J connectivity index is 2.72. The first-order valence-corrected chi connectivity index (χ1v) is 6.37. The summed E-state index contributed by atoms with van der Waals surface area (Å²) in [4.78, 5) is 23.3. The first-order valence-electron chi connectivity index (χ1n) is 6.37. The Morgan fingerprint density at radius 1 is 1.26 bits per heavy atom. The lowest BCUT2D eigenvalue weighted by molar-refractivity contribution is 0.101. The number of ketones is 1. The van der Waals surface area contributed by atoms with Gasteiger partial charge >= 0.3 is 0 Å². The van der Waals surface area contributed by atoms with Crippen molar-refractivity contribution < 1.29 is 4.79 Å². The van der Waals surface area contributed by atoms with Crippen molar-refractivity contribution in [3.8, 4) is 5.69 Å². The highest BCUT2D eigenvalue weighted by molar-refractivity contribution is 5.93. The van der Waals surface area contributed by atoms with Gasteiger partial charge in [0, 0.05) is 23.6 Å². The molecule has 0 unspecified atom stereocenters. The van der Waals surface area contributed by atoms with E-state index in [1.165, 1.54) is 18.6 Å².